The van der Waals surface area contributed by atoms with E-state index in [1.807, 2.05) is 40.1 Å². The van der Waals surface area contributed by atoms with Gasteiger partial charge in [0.15, 0.2) is 0 Å². The number of carbonyl (C=O) groups is 2. The lowest BCUT2D eigenvalue weighted by Crippen LogP contribution is -2.44. The molecule has 2 aliphatic heterocycles. The third-order valence-corrected chi connectivity index (χ3v) is 7.14. The van der Waals surface area contributed by atoms with Gasteiger partial charge in [0.05, 0.1) is 16.8 Å². The number of benzene rings is 2. The zero-order chi connectivity index (χ0) is 23.5. The molecule has 5 nitrogen and oxygen atoms in total. The zero-order valence-corrected chi connectivity index (χ0v) is 19.4. The van der Waals surface area contributed by atoms with E-state index in [-0.39, 0.29) is 23.5 Å². The van der Waals surface area contributed by atoms with Gasteiger partial charge < -0.3 is 9.80 Å². The van der Waals surface area contributed by atoms with E-state index in [2.05, 4.69) is 0 Å². The van der Waals surface area contributed by atoms with Gasteiger partial charge in [0.25, 0.3) is 5.91 Å². The van der Waals surface area contributed by atoms with Crippen molar-refractivity contribution in [2.45, 2.75) is 38.5 Å². The molecule has 5 rings (SSSR count). The van der Waals surface area contributed by atoms with Crippen LogP contribution in [0, 0.1) is 11.7 Å². The second-order valence-corrected chi connectivity index (χ2v) is 9.39. The Balaban J connectivity index is 1.35. The van der Waals surface area contributed by atoms with Crippen LogP contribution in [0.4, 0.5) is 4.39 Å². The topological polar surface area (TPSA) is 53.5 Å². The van der Waals surface area contributed by atoms with Crippen molar-refractivity contribution in [2.75, 3.05) is 26.2 Å². The van der Waals surface area contributed by atoms with Gasteiger partial charge in [-0.1, -0.05) is 31.0 Å². The first-order valence-corrected chi connectivity index (χ1v) is 12.3. The summed E-state index contributed by atoms with van der Waals surface area (Å²) in [5.74, 6) is -0.0749. The van der Waals surface area contributed by atoms with E-state index in [4.69, 9.17) is 4.98 Å². The highest BCUT2D eigenvalue weighted by molar-refractivity contribution is 6.07. The molecular formula is C28H30FN3O2. The summed E-state index contributed by atoms with van der Waals surface area (Å²) in [5, 5.41) is 0.807. The van der Waals surface area contributed by atoms with Gasteiger partial charge in [-0.2, -0.15) is 0 Å². The Bertz CT molecular complexity index is 1180. The van der Waals surface area contributed by atoms with E-state index in [1.165, 1.54) is 25.0 Å². The molecule has 0 bridgehead atoms. The summed E-state index contributed by atoms with van der Waals surface area (Å²) >= 11 is 0. The molecule has 2 amide bonds. The number of carbonyl (C=O) groups excluding carboxylic acids is 2. The highest BCUT2D eigenvalue weighted by atomic mass is 19.1. The van der Waals surface area contributed by atoms with Crippen LogP contribution >= 0.6 is 0 Å². The number of nitrogens with zero attached hydrogens (tertiary/aromatic N) is 3. The van der Waals surface area contributed by atoms with Crippen LogP contribution in [-0.4, -0.2) is 52.8 Å². The van der Waals surface area contributed by atoms with E-state index in [9.17, 15) is 14.0 Å². The lowest BCUT2D eigenvalue weighted by molar-refractivity contribution is -0.136. The monoisotopic (exact) mass is 459 g/mol. The summed E-state index contributed by atoms with van der Waals surface area (Å²) in [7, 11) is 0. The summed E-state index contributed by atoms with van der Waals surface area (Å²) < 4.78 is 13.4. The number of halogens is 1. The van der Waals surface area contributed by atoms with E-state index in [1.54, 1.807) is 12.1 Å². The molecule has 0 unspecified atom stereocenters. The fourth-order valence-electron chi connectivity index (χ4n) is 5.17. The maximum Gasteiger partial charge on any atom is 0.254 e. The van der Waals surface area contributed by atoms with Crippen molar-refractivity contribution in [3.63, 3.8) is 0 Å². The summed E-state index contributed by atoms with van der Waals surface area (Å²) in [4.78, 5) is 35.3. The number of pyridine rings is 1. The molecule has 0 N–H and O–H groups in total. The maximum atomic E-state index is 13.6. The summed E-state index contributed by atoms with van der Waals surface area (Å²) in [6.45, 7) is 2.89. The molecule has 0 spiro atoms. The van der Waals surface area contributed by atoms with Crippen molar-refractivity contribution in [1.82, 2.24) is 14.8 Å². The lowest BCUT2D eigenvalue weighted by atomic mass is 9.94. The molecule has 0 saturated carbocycles. The predicted octanol–water partition coefficient (Wildman–Crippen LogP) is 5.30. The number of hydrogen-bond donors (Lipinski definition) is 0. The number of amides is 2. The van der Waals surface area contributed by atoms with Gasteiger partial charge in [0.2, 0.25) is 5.91 Å². The molecule has 0 atom stereocenters. The van der Waals surface area contributed by atoms with Gasteiger partial charge in [-0.25, -0.2) is 9.37 Å². The quantitative estimate of drug-likeness (QED) is 0.534. The number of likely N-dealkylation sites (tertiary alicyclic amines) is 2. The first-order chi connectivity index (χ1) is 16.6. The Kier molecular flexibility index (Phi) is 6.57. The van der Waals surface area contributed by atoms with Crippen LogP contribution in [0.5, 0.6) is 0 Å². The minimum Gasteiger partial charge on any atom is -0.342 e. The molecule has 2 aromatic carbocycles. The number of rotatable bonds is 3. The first kappa shape index (κ1) is 22.5. The number of hydrogen-bond acceptors (Lipinski definition) is 3. The standard InChI is InChI=1S/C28H30FN3O2/c29-22-11-9-20(10-12-22)26-19-24(23-7-3-4-8-25(23)30-26)28(34)32-17-13-21(14-18-32)27(33)31-15-5-1-2-6-16-31/h3-4,7-12,19,21H,1-2,5-6,13-18H2. The minimum atomic E-state index is -0.307. The van der Waals surface area contributed by atoms with Gasteiger partial charge in [-0.15, -0.1) is 0 Å². The van der Waals surface area contributed by atoms with E-state index >= 15 is 0 Å². The predicted molar refractivity (Wildman–Crippen MR) is 131 cm³/mol. The van der Waals surface area contributed by atoms with Gasteiger partial charge in [0, 0.05) is 43.0 Å². The molecule has 176 valence electrons. The van der Waals surface area contributed by atoms with E-state index in [0.717, 1.165) is 42.4 Å². The highest BCUT2D eigenvalue weighted by Crippen LogP contribution is 2.28. The van der Waals surface area contributed by atoms with E-state index in [0.29, 0.717) is 37.2 Å². The van der Waals surface area contributed by atoms with Crippen LogP contribution in [0.25, 0.3) is 22.2 Å². The molecule has 6 heteroatoms. The molecule has 2 saturated heterocycles. The van der Waals surface area contributed by atoms with Gasteiger partial charge in [0.1, 0.15) is 5.82 Å². The fourth-order valence-corrected chi connectivity index (χ4v) is 5.17. The number of piperidine rings is 1. The normalized spacial score (nSPS) is 17.6. The van der Waals surface area contributed by atoms with Crippen LogP contribution in [0.2, 0.25) is 0 Å². The van der Waals surface area contributed by atoms with Crippen molar-refractivity contribution < 1.29 is 14.0 Å². The number of para-hydroxylation sites is 1. The fraction of sp³-hybridized carbons (Fsp3) is 0.393. The van der Waals surface area contributed by atoms with Crippen LogP contribution in [0.15, 0.2) is 54.6 Å². The van der Waals surface area contributed by atoms with Gasteiger partial charge >= 0.3 is 0 Å². The van der Waals surface area contributed by atoms with Crippen LogP contribution in [0.3, 0.4) is 0 Å². The third kappa shape index (κ3) is 4.67. The second-order valence-electron chi connectivity index (χ2n) is 9.39. The van der Waals surface area contributed by atoms with Gasteiger partial charge in [-0.3, -0.25) is 9.59 Å². The van der Waals surface area contributed by atoms with Crippen LogP contribution < -0.4 is 0 Å². The van der Waals surface area contributed by atoms with E-state index < -0.39 is 0 Å². The Morgan fingerprint density at radius 3 is 2.21 bits per heavy atom. The molecule has 3 aromatic rings. The molecule has 3 heterocycles. The number of fused-ring (bicyclic) bond motifs is 1. The van der Waals surface area contributed by atoms with Crippen molar-refractivity contribution >= 4 is 22.7 Å². The van der Waals surface area contributed by atoms with Crippen molar-refractivity contribution in [3.05, 3.63) is 66.0 Å². The second kappa shape index (κ2) is 9.92. The lowest BCUT2D eigenvalue weighted by Gasteiger charge is -2.34. The molecule has 1 aromatic heterocycles. The molecule has 34 heavy (non-hydrogen) atoms. The number of aromatic nitrogens is 1. The summed E-state index contributed by atoms with van der Waals surface area (Å²) in [6.07, 6.45) is 6.00. The molecular weight excluding hydrogens is 429 g/mol. The Hall–Kier alpha value is -3.28. The molecule has 2 fully saturated rings. The van der Waals surface area contributed by atoms with Crippen molar-refractivity contribution in [2.24, 2.45) is 5.92 Å². The Labute approximate surface area is 199 Å². The average molecular weight is 460 g/mol. The first-order valence-electron chi connectivity index (χ1n) is 12.3. The average Bonchev–Trinajstić information content (AvgIpc) is 3.17. The maximum absolute atomic E-state index is 13.6. The summed E-state index contributed by atoms with van der Waals surface area (Å²) in [6, 6.07) is 15.6. The highest BCUT2D eigenvalue weighted by Gasteiger charge is 2.31. The van der Waals surface area contributed by atoms with Crippen LogP contribution in [-0.2, 0) is 4.79 Å². The van der Waals surface area contributed by atoms with Crippen molar-refractivity contribution in [1.29, 1.82) is 0 Å². The minimum absolute atomic E-state index is 0.00566. The largest absolute Gasteiger partial charge is 0.342 e. The Morgan fingerprint density at radius 1 is 0.824 bits per heavy atom. The summed E-state index contributed by atoms with van der Waals surface area (Å²) in [5.41, 5.74) is 2.75. The van der Waals surface area contributed by atoms with Crippen molar-refractivity contribution in [3.8, 4) is 11.3 Å². The van der Waals surface area contributed by atoms with Crippen LogP contribution in [0.1, 0.15) is 48.9 Å². The molecule has 0 radical (unpaired) electrons. The molecule has 0 aliphatic carbocycles. The zero-order valence-electron chi connectivity index (χ0n) is 19.4. The Morgan fingerprint density at radius 2 is 1.50 bits per heavy atom. The third-order valence-electron chi connectivity index (χ3n) is 7.14. The SMILES string of the molecule is O=C(c1cc(-c2ccc(F)cc2)nc2ccccc12)N1CCC(C(=O)N2CCCCCC2)CC1. The van der Waals surface area contributed by atoms with Gasteiger partial charge in [-0.05, 0) is 62.1 Å². The molecule has 2 aliphatic rings. The smallest absolute Gasteiger partial charge is 0.254 e.